The Morgan fingerprint density at radius 2 is 1.43 bits per heavy atom. The maximum absolute atomic E-state index is 10.1. The summed E-state index contributed by atoms with van der Waals surface area (Å²) in [5.74, 6) is 0.122. The highest BCUT2D eigenvalue weighted by molar-refractivity contribution is 7.76. The van der Waals surface area contributed by atoms with Crippen LogP contribution in [0.5, 0.6) is 0 Å². The largest absolute Gasteiger partial charge is 0.392 e. The molecular formula is C19H19OP. The van der Waals surface area contributed by atoms with Crippen molar-refractivity contribution in [2.45, 2.75) is 13.0 Å². The monoisotopic (exact) mass is 294 g/mol. The molecule has 0 unspecified atom stereocenters. The number of hydrogen-bond acceptors (Lipinski definition) is 1. The predicted octanol–water partition coefficient (Wildman–Crippen LogP) is 3.57. The standard InChI is InChI=1S/C19H19OP/c1-15(20)18-13-8-14-19(18)21(16-9-4-2-5-10-16)17-11-6-3-7-12-17/h2-15,18,20H,1H3/t15-,18+/m1/s1. The normalized spacial score (nSPS) is 18.8. The molecule has 0 saturated heterocycles. The van der Waals surface area contributed by atoms with Crippen molar-refractivity contribution in [3.05, 3.63) is 84.2 Å². The first-order valence-corrected chi connectivity index (χ1v) is 8.58. The maximum atomic E-state index is 10.1. The number of rotatable bonds is 4. The fourth-order valence-corrected chi connectivity index (χ4v) is 5.39. The van der Waals surface area contributed by atoms with Crippen LogP contribution in [0.4, 0.5) is 0 Å². The summed E-state index contributed by atoms with van der Waals surface area (Å²) in [5, 5.41) is 14.1. The molecule has 106 valence electrons. The van der Waals surface area contributed by atoms with Crippen LogP contribution in [0, 0.1) is 5.92 Å². The number of allylic oxidation sites excluding steroid dienone is 2. The van der Waals surface area contributed by atoms with Crippen LogP contribution in [0.2, 0.25) is 0 Å². The quantitative estimate of drug-likeness (QED) is 0.855. The molecule has 0 amide bonds. The molecule has 0 heterocycles. The molecular weight excluding hydrogens is 275 g/mol. The summed E-state index contributed by atoms with van der Waals surface area (Å²) < 4.78 is 0. The van der Waals surface area contributed by atoms with E-state index in [1.165, 1.54) is 15.9 Å². The average Bonchev–Trinajstić information content (AvgIpc) is 2.99. The SMILES string of the molecule is C[C@@H](O)[C@@H]1C=CC=C1P(c1ccccc1)c1ccccc1. The summed E-state index contributed by atoms with van der Waals surface area (Å²) in [5.41, 5.74) is 0. The van der Waals surface area contributed by atoms with Gasteiger partial charge < -0.3 is 5.11 Å². The van der Waals surface area contributed by atoms with E-state index in [-0.39, 0.29) is 12.0 Å². The Bertz CT molecular complexity index is 604. The van der Waals surface area contributed by atoms with Crippen LogP contribution in [-0.2, 0) is 0 Å². The van der Waals surface area contributed by atoms with Crippen molar-refractivity contribution in [1.29, 1.82) is 0 Å². The summed E-state index contributed by atoms with van der Waals surface area (Å²) in [7, 11) is -0.585. The summed E-state index contributed by atoms with van der Waals surface area (Å²) >= 11 is 0. The lowest BCUT2D eigenvalue weighted by molar-refractivity contribution is 0.168. The van der Waals surface area contributed by atoms with E-state index in [1.807, 2.05) is 6.92 Å². The molecule has 1 nitrogen and oxygen atoms in total. The highest BCUT2D eigenvalue weighted by Crippen LogP contribution is 2.49. The Morgan fingerprint density at radius 3 is 1.90 bits per heavy atom. The molecule has 0 spiro atoms. The Hall–Kier alpha value is -1.69. The van der Waals surface area contributed by atoms with Gasteiger partial charge in [0.1, 0.15) is 0 Å². The van der Waals surface area contributed by atoms with Gasteiger partial charge in [0.15, 0.2) is 0 Å². The molecule has 1 aliphatic rings. The highest BCUT2D eigenvalue weighted by atomic mass is 31.1. The number of benzene rings is 2. The molecule has 0 radical (unpaired) electrons. The highest BCUT2D eigenvalue weighted by Gasteiger charge is 2.28. The third kappa shape index (κ3) is 3.00. The third-order valence-corrected chi connectivity index (χ3v) is 6.33. The molecule has 0 aromatic heterocycles. The van der Waals surface area contributed by atoms with Crippen LogP contribution < -0.4 is 10.6 Å². The minimum atomic E-state index is -0.585. The van der Waals surface area contributed by atoms with Gasteiger partial charge in [-0.05, 0) is 30.8 Å². The molecule has 2 aromatic carbocycles. The topological polar surface area (TPSA) is 20.2 Å². The van der Waals surface area contributed by atoms with E-state index in [4.69, 9.17) is 0 Å². The molecule has 1 N–H and O–H groups in total. The number of aliphatic hydroxyl groups is 1. The van der Waals surface area contributed by atoms with Gasteiger partial charge in [-0.2, -0.15) is 0 Å². The second-order valence-electron chi connectivity index (χ2n) is 5.25. The summed E-state index contributed by atoms with van der Waals surface area (Å²) in [4.78, 5) is 0. The molecule has 0 aliphatic heterocycles. The zero-order chi connectivity index (χ0) is 14.7. The van der Waals surface area contributed by atoms with Gasteiger partial charge in [0.25, 0.3) is 0 Å². The molecule has 2 atom stereocenters. The van der Waals surface area contributed by atoms with E-state index in [9.17, 15) is 5.11 Å². The number of hydrogen-bond donors (Lipinski definition) is 1. The Morgan fingerprint density at radius 1 is 0.905 bits per heavy atom. The van der Waals surface area contributed by atoms with Crippen LogP contribution in [0.1, 0.15) is 6.92 Å². The van der Waals surface area contributed by atoms with E-state index in [1.54, 1.807) is 0 Å². The lowest BCUT2D eigenvalue weighted by Gasteiger charge is -2.26. The van der Waals surface area contributed by atoms with Gasteiger partial charge in [-0.3, -0.25) is 0 Å². The minimum absolute atomic E-state index is 0.122. The lowest BCUT2D eigenvalue weighted by atomic mass is 10.1. The van der Waals surface area contributed by atoms with Crippen LogP contribution in [0.25, 0.3) is 0 Å². The predicted molar refractivity (Wildman–Crippen MR) is 91.5 cm³/mol. The molecule has 1 aliphatic carbocycles. The van der Waals surface area contributed by atoms with Crippen LogP contribution >= 0.6 is 7.92 Å². The molecule has 0 saturated carbocycles. The van der Waals surface area contributed by atoms with Crippen molar-refractivity contribution in [1.82, 2.24) is 0 Å². The van der Waals surface area contributed by atoms with E-state index >= 15 is 0 Å². The lowest BCUT2D eigenvalue weighted by Crippen LogP contribution is -2.21. The second kappa shape index (κ2) is 6.39. The van der Waals surface area contributed by atoms with Gasteiger partial charge in [0, 0.05) is 5.92 Å². The average molecular weight is 294 g/mol. The first-order valence-electron chi connectivity index (χ1n) is 7.24. The van der Waals surface area contributed by atoms with Gasteiger partial charge >= 0.3 is 0 Å². The van der Waals surface area contributed by atoms with Crippen molar-refractivity contribution in [3.63, 3.8) is 0 Å². The molecule has 21 heavy (non-hydrogen) atoms. The zero-order valence-corrected chi connectivity index (χ0v) is 12.9. The van der Waals surface area contributed by atoms with Gasteiger partial charge in [0.2, 0.25) is 0 Å². The fraction of sp³-hybridized carbons (Fsp3) is 0.158. The van der Waals surface area contributed by atoms with Crippen LogP contribution in [0.15, 0.2) is 84.2 Å². The van der Waals surface area contributed by atoms with E-state index in [0.29, 0.717) is 0 Å². The Kier molecular flexibility index (Phi) is 4.34. The minimum Gasteiger partial charge on any atom is -0.392 e. The summed E-state index contributed by atoms with van der Waals surface area (Å²) in [6.07, 6.45) is 6.02. The van der Waals surface area contributed by atoms with Gasteiger partial charge in [-0.25, -0.2) is 0 Å². The molecule has 0 fully saturated rings. The zero-order valence-electron chi connectivity index (χ0n) is 12.1. The van der Waals surface area contributed by atoms with Crippen molar-refractivity contribution in [2.75, 3.05) is 0 Å². The molecule has 2 aromatic rings. The van der Waals surface area contributed by atoms with Crippen molar-refractivity contribution >= 4 is 18.5 Å². The first kappa shape index (κ1) is 14.3. The second-order valence-corrected chi connectivity index (χ2v) is 7.47. The summed E-state index contributed by atoms with van der Waals surface area (Å²) in [6, 6.07) is 21.2. The molecule has 0 bridgehead atoms. The van der Waals surface area contributed by atoms with Crippen LogP contribution in [-0.4, -0.2) is 11.2 Å². The van der Waals surface area contributed by atoms with Gasteiger partial charge in [0.05, 0.1) is 6.10 Å². The van der Waals surface area contributed by atoms with Crippen molar-refractivity contribution < 1.29 is 5.11 Å². The first-order chi connectivity index (χ1) is 10.3. The maximum Gasteiger partial charge on any atom is 0.0615 e. The molecule has 2 heteroatoms. The third-order valence-electron chi connectivity index (χ3n) is 3.73. The van der Waals surface area contributed by atoms with E-state index in [2.05, 4.69) is 78.9 Å². The summed E-state index contributed by atoms with van der Waals surface area (Å²) in [6.45, 7) is 1.87. The Labute approximate surface area is 127 Å². The fourth-order valence-electron chi connectivity index (χ4n) is 2.72. The van der Waals surface area contributed by atoms with Crippen LogP contribution in [0.3, 0.4) is 0 Å². The Balaban J connectivity index is 2.06. The van der Waals surface area contributed by atoms with Crippen molar-refractivity contribution in [3.8, 4) is 0 Å². The smallest absolute Gasteiger partial charge is 0.0615 e. The van der Waals surface area contributed by atoms with E-state index < -0.39 is 7.92 Å². The van der Waals surface area contributed by atoms with Gasteiger partial charge in [-0.15, -0.1) is 0 Å². The van der Waals surface area contributed by atoms with Gasteiger partial charge in [-0.1, -0.05) is 78.9 Å². The molecule has 3 rings (SSSR count). The van der Waals surface area contributed by atoms with E-state index in [0.717, 1.165) is 0 Å². The number of aliphatic hydroxyl groups excluding tert-OH is 1. The van der Waals surface area contributed by atoms with Crippen molar-refractivity contribution in [2.24, 2.45) is 5.92 Å².